The third-order valence-electron chi connectivity index (χ3n) is 7.90. The van der Waals surface area contributed by atoms with Crippen LogP contribution in [0.3, 0.4) is 0 Å². The molecule has 1 aromatic rings. The summed E-state index contributed by atoms with van der Waals surface area (Å²) in [4.78, 5) is 24.4. The van der Waals surface area contributed by atoms with Crippen molar-refractivity contribution in [2.75, 3.05) is 0 Å². The number of fused-ring (bicyclic) bond motifs is 2. The highest BCUT2D eigenvalue weighted by Crippen LogP contribution is 2.70. The Kier molecular flexibility index (Phi) is 4.50. The minimum Gasteiger partial charge on any atom is -0.381 e. The van der Waals surface area contributed by atoms with Crippen molar-refractivity contribution in [3.63, 3.8) is 0 Å². The van der Waals surface area contributed by atoms with Crippen LogP contribution in [0.1, 0.15) is 64.9 Å². The summed E-state index contributed by atoms with van der Waals surface area (Å²) in [5, 5.41) is 22.9. The monoisotopic (exact) mass is 359 g/mol. The normalized spacial score (nSPS) is 34.4. The van der Waals surface area contributed by atoms with Crippen molar-refractivity contribution < 1.29 is 14.8 Å². The lowest BCUT2D eigenvalue weighted by Crippen LogP contribution is -2.53. The molecule has 1 N–H and O–H groups in total. The number of benzene rings is 1. The molecule has 0 aromatic heterocycles. The summed E-state index contributed by atoms with van der Waals surface area (Å²) >= 11 is 0. The van der Waals surface area contributed by atoms with E-state index in [0.29, 0.717) is 12.3 Å². The second-order valence-electron chi connectivity index (χ2n) is 9.02. The summed E-state index contributed by atoms with van der Waals surface area (Å²) in [6.45, 7) is 7.85. The fourth-order valence-corrected chi connectivity index (χ4v) is 5.48. The van der Waals surface area contributed by atoms with Crippen LogP contribution in [-0.2, 0) is 4.79 Å². The van der Waals surface area contributed by atoms with Gasteiger partial charge in [0.2, 0.25) is 6.04 Å². The maximum atomic E-state index is 13.3. The third-order valence-corrected chi connectivity index (χ3v) is 7.90. The van der Waals surface area contributed by atoms with Crippen molar-refractivity contribution >= 4 is 5.78 Å². The van der Waals surface area contributed by atoms with E-state index in [2.05, 4.69) is 13.8 Å². The van der Waals surface area contributed by atoms with Gasteiger partial charge < -0.3 is 5.11 Å². The molecule has 2 fully saturated rings. The van der Waals surface area contributed by atoms with Gasteiger partial charge in [0.25, 0.3) is 0 Å². The highest BCUT2D eigenvalue weighted by Gasteiger charge is 2.70. The summed E-state index contributed by atoms with van der Waals surface area (Å²) in [6, 6.07) is 8.28. The van der Waals surface area contributed by atoms with Gasteiger partial charge in [-0.05, 0) is 36.2 Å². The standard InChI is InChI=1S/C21H29NO4/c1-14(22(25)26)17(15-8-6-5-7-9-15)12-18(23)21(24)13-16-10-11-20(21,4)19(16,2)3/h5-9,14,16-17,24H,10-13H2,1-4H3/t14-,16+,17+,20+,21-/m0/s1. The summed E-state index contributed by atoms with van der Waals surface area (Å²) in [7, 11) is 0. The smallest absolute Gasteiger partial charge is 0.217 e. The first-order valence-corrected chi connectivity index (χ1v) is 9.49. The second kappa shape index (κ2) is 6.15. The molecule has 0 amide bonds. The van der Waals surface area contributed by atoms with E-state index < -0.39 is 23.0 Å². The molecule has 0 unspecified atom stereocenters. The molecule has 0 spiro atoms. The quantitative estimate of drug-likeness (QED) is 0.615. The predicted molar refractivity (Wildman–Crippen MR) is 99.4 cm³/mol. The molecule has 3 rings (SSSR count). The number of carbonyl (C=O) groups excluding carboxylic acids is 1. The van der Waals surface area contributed by atoms with Crippen LogP contribution < -0.4 is 0 Å². The van der Waals surface area contributed by atoms with Crippen molar-refractivity contribution in [3.8, 4) is 0 Å². The molecule has 0 heterocycles. The second-order valence-corrected chi connectivity index (χ2v) is 9.02. The zero-order valence-electron chi connectivity index (χ0n) is 16.1. The Balaban J connectivity index is 1.91. The van der Waals surface area contributed by atoms with E-state index in [1.54, 1.807) is 6.92 Å². The van der Waals surface area contributed by atoms with Crippen molar-refractivity contribution in [1.82, 2.24) is 0 Å². The Morgan fingerprint density at radius 2 is 1.92 bits per heavy atom. The van der Waals surface area contributed by atoms with Gasteiger partial charge in [-0.25, -0.2) is 0 Å². The largest absolute Gasteiger partial charge is 0.381 e. The molecule has 2 aliphatic rings. The van der Waals surface area contributed by atoms with Crippen LogP contribution >= 0.6 is 0 Å². The molecule has 5 nitrogen and oxygen atoms in total. The molecular formula is C21H29NO4. The van der Waals surface area contributed by atoms with Crippen LogP contribution in [0, 0.1) is 26.9 Å². The number of ketones is 1. The topological polar surface area (TPSA) is 80.4 Å². The summed E-state index contributed by atoms with van der Waals surface area (Å²) in [5.41, 5.74) is -1.18. The van der Waals surface area contributed by atoms with Gasteiger partial charge in [-0.1, -0.05) is 51.1 Å². The molecule has 5 heteroatoms. The summed E-state index contributed by atoms with van der Waals surface area (Å²) < 4.78 is 0. The van der Waals surface area contributed by atoms with Crippen molar-refractivity contribution in [3.05, 3.63) is 46.0 Å². The van der Waals surface area contributed by atoms with E-state index in [9.17, 15) is 20.0 Å². The lowest BCUT2D eigenvalue weighted by atomic mass is 9.62. The van der Waals surface area contributed by atoms with Crippen LogP contribution in [-0.4, -0.2) is 27.5 Å². The Morgan fingerprint density at radius 3 is 2.38 bits per heavy atom. The third kappa shape index (κ3) is 2.51. The van der Waals surface area contributed by atoms with Crippen molar-refractivity contribution in [2.45, 2.75) is 70.9 Å². The maximum absolute atomic E-state index is 13.3. The Hall–Kier alpha value is -1.75. The highest BCUT2D eigenvalue weighted by molar-refractivity contribution is 5.89. The first-order valence-electron chi connectivity index (χ1n) is 9.49. The highest BCUT2D eigenvalue weighted by atomic mass is 16.6. The maximum Gasteiger partial charge on any atom is 0.217 e. The number of nitro groups is 1. The first-order chi connectivity index (χ1) is 12.0. The van der Waals surface area contributed by atoms with E-state index in [0.717, 1.165) is 18.4 Å². The van der Waals surface area contributed by atoms with Crippen molar-refractivity contribution in [2.24, 2.45) is 16.7 Å². The van der Waals surface area contributed by atoms with Gasteiger partial charge in [0.15, 0.2) is 5.78 Å². The molecule has 26 heavy (non-hydrogen) atoms. The molecule has 1 aromatic carbocycles. The van der Waals surface area contributed by atoms with Gasteiger partial charge in [0.05, 0.1) is 5.92 Å². The lowest BCUT2D eigenvalue weighted by Gasteiger charge is -2.44. The number of hydrogen-bond donors (Lipinski definition) is 1. The molecule has 0 aliphatic heterocycles. The number of hydrogen-bond acceptors (Lipinski definition) is 4. The van der Waals surface area contributed by atoms with Gasteiger partial charge >= 0.3 is 0 Å². The van der Waals surface area contributed by atoms with E-state index in [4.69, 9.17) is 0 Å². The predicted octanol–water partition coefficient (Wildman–Crippen LogP) is 3.97. The minimum absolute atomic E-state index is 0.00104. The zero-order chi connectivity index (χ0) is 19.3. The van der Waals surface area contributed by atoms with Gasteiger partial charge in [-0.2, -0.15) is 0 Å². The number of nitrogens with zero attached hydrogens (tertiary/aromatic N) is 1. The zero-order valence-corrected chi connectivity index (χ0v) is 16.1. The summed E-state index contributed by atoms with van der Waals surface area (Å²) in [6.07, 6.45) is 2.34. The fraction of sp³-hybridized carbons (Fsp3) is 0.667. The number of aliphatic hydroxyl groups is 1. The molecule has 5 atom stereocenters. The number of carbonyl (C=O) groups is 1. The molecule has 0 saturated heterocycles. The van der Waals surface area contributed by atoms with Crippen molar-refractivity contribution in [1.29, 1.82) is 0 Å². The van der Waals surface area contributed by atoms with Gasteiger partial charge in [0.1, 0.15) is 5.60 Å². The number of Topliss-reactive ketones (excluding diaryl/α,β-unsaturated/α-hetero) is 1. The first kappa shape index (κ1) is 19.0. The van der Waals surface area contributed by atoms with Gasteiger partial charge in [-0.15, -0.1) is 0 Å². The average Bonchev–Trinajstić information content (AvgIpc) is 2.91. The van der Waals surface area contributed by atoms with Crippen LogP contribution in [0.2, 0.25) is 0 Å². The molecule has 142 valence electrons. The van der Waals surface area contributed by atoms with Crippen LogP contribution in [0.15, 0.2) is 30.3 Å². The SMILES string of the molecule is C[C@@H]([C@@H](CC(=O)[C@@]1(O)C[C@H]2CC[C@]1(C)C2(C)C)c1ccccc1)[N+](=O)[O-]. The molecule has 0 radical (unpaired) electrons. The molecular weight excluding hydrogens is 330 g/mol. The molecule has 2 aliphatic carbocycles. The van der Waals surface area contributed by atoms with E-state index in [1.165, 1.54) is 0 Å². The lowest BCUT2D eigenvalue weighted by molar-refractivity contribution is -0.522. The Bertz CT molecular complexity index is 716. The van der Waals surface area contributed by atoms with E-state index in [-0.39, 0.29) is 22.5 Å². The Morgan fingerprint density at radius 1 is 1.31 bits per heavy atom. The average molecular weight is 359 g/mol. The fourth-order valence-electron chi connectivity index (χ4n) is 5.48. The Labute approximate surface area is 155 Å². The minimum atomic E-state index is -1.39. The van der Waals surface area contributed by atoms with Crippen LogP contribution in [0.5, 0.6) is 0 Å². The molecule has 2 bridgehead atoms. The van der Waals surface area contributed by atoms with E-state index in [1.807, 2.05) is 37.3 Å². The van der Waals surface area contributed by atoms with Gasteiger partial charge in [-0.3, -0.25) is 14.9 Å². The summed E-state index contributed by atoms with van der Waals surface area (Å²) in [5.74, 6) is -0.448. The van der Waals surface area contributed by atoms with Crippen LogP contribution in [0.25, 0.3) is 0 Å². The number of rotatable bonds is 6. The van der Waals surface area contributed by atoms with Gasteiger partial charge in [0, 0.05) is 23.7 Å². The molecule has 2 saturated carbocycles. The van der Waals surface area contributed by atoms with E-state index >= 15 is 0 Å². The van der Waals surface area contributed by atoms with Crippen LogP contribution in [0.4, 0.5) is 0 Å².